The molecule has 1 N–H and O–H groups in total. The number of anilines is 3. The lowest BCUT2D eigenvalue weighted by Gasteiger charge is -2.45. The summed E-state index contributed by atoms with van der Waals surface area (Å²) in [6, 6.07) is 24.1. The zero-order valence-corrected chi connectivity index (χ0v) is 19.0. The van der Waals surface area contributed by atoms with Crippen molar-refractivity contribution in [1.82, 2.24) is 0 Å². The summed E-state index contributed by atoms with van der Waals surface area (Å²) in [5.74, 6) is -0.941. The van der Waals surface area contributed by atoms with Gasteiger partial charge in [0.05, 0.1) is 10.6 Å². The van der Waals surface area contributed by atoms with Gasteiger partial charge in [0.1, 0.15) is 5.66 Å². The van der Waals surface area contributed by atoms with Crippen LogP contribution in [-0.2, 0) is 9.59 Å². The maximum absolute atomic E-state index is 13.7. The normalized spacial score (nSPS) is 19.7. The Morgan fingerprint density at radius 1 is 0.794 bits per heavy atom. The highest BCUT2D eigenvalue weighted by Gasteiger charge is 2.58. The van der Waals surface area contributed by atoms with Crippen molar-refractivity contribution in [2.75, 3.05) is 27.3 Å². The minimum absolute atomic E-state index is 0.133. The van der Waals surface area contributed by atoms with Crippen LogP contribution in [0, 0.1) is 10.1 Å². The van der Waals surface area contributed by atoms with E-state index in [1.807, 2.05) is 70.0 Å². The van der Waals surface area contributed by atoms with Crippen LogP contribution in [0.3, 0.4) is 0 Å². The number of amides is 2. The first-order valence-electron chi connectivity index (χ1n) is 10.8. The van der Waals surface area contributed by atoms with E-state index in [1.54, 1.807) is 0 Å². The van der Waals surface area contributed by atoms with Crippen LogP contribution in [0.4, 0.5) is 22.7 Å². The summed E-state index contributed by atoms with van der Waals surface area (Å²) in [4.78, 5) is 50.6. The van der Waals surface area contributed by atoms with Gasteiger partial charge in [-0.2, -0.15) is 0 Å². The lowest BCUT2D eigenvalue weighted by molar-refractivity contribution is -0.384. The Balaban J connectivity index is 1.56. The van der Waals surface area contributed by atoms with Crippen LogP contribution < -0.4 is 14.2 Å². The minimum atomic E-state index is -3.36. The lowest BCUT2D eigenvalue weighted by atomic mass is 10.2. The third-order valence-electron chi connectivity index (χ3n) is 6.20. The maximum Gasteiger partial charge on any atom is 0.269 e. The second kappa shape index (κ2) is 8.52. The van der Waals surface area contributed by atoms with Crippen LogP contribution in [-0.4, -0.2) is 40.4 Å². The van der Waals surface area contributed by atoms with E-state index in [4.69, 9.17) is 0 Å². The SMILES string of the molecule is O=C1CC([P]2(O)N(c3ccccc3)CCN2c2ccccc2)C(=O)N1c1ccc([N+](=O)[O-])cc1. The van der Waals surface area contributed by atoms with Gasteiger partial charge in [-0.15, -0.1) is 0 Å². The molecule has 34 heavy (non-hydrogen) atoms. The van der Waals surface area contributed by atoms with Crippen molar-refractivity contribution in [3.05, 3.63) is 95.0 Å². The van der Waals surface area contributed by atoms with Crippen molar-refractivity contribution in [3.63, 3.8) is 0 Å². The average molecular weight is 477 g/mol. The molecule has 2 amide bonds. The monoisotopic (exact) mass is 477 g/mol. The van der Waals surface area contributed by atoms with E-state index >= 15 is 0 Å². The second-order valence-corrected chi connectivity index (χ2v) is 10.9. The van der Waals surface area contributed by atoms with Crippen LogP contribution in [0.5, 0.6) is 0 Å². The number of para-hydroxylation sites is 2. The molecule has 5 rings (SSSR count). The number of carbonyl (C=O) groups excluding carboxylic acids is 2. The number of imide groups is 1. The van der Waals surface area contributed by atoms with Gasteiger partial charge in [0, 0.05) is 43.0 Å². The molecule has 173 valence electrons. The van der Waals surface area contributed by atoms with Gasteiger partial charge in [-0.3, -0.25) is 19.7 Å². The van der Waals surface area contributed by atoms with Crippen LogP contribution in [0.1, 0.15) is 6.42 Å². The highest BCUT2D eigenvalue weighted by atomic mass is 31.2. The maximum atomic E-state index is 13.7. The van der Waals surface area contributed by atoms with Gasteiger partial charge in [-0.25, -0.2) is 4.90 Å². The zero-order valence-electron chi connectivity index (χ0n) is 18.1. The molecule has 0 saturated carbocycles. The number of nitro groups is 1. The summed E-state index contributed by atoms with van der Waals surface area (Å²) in [7, 11) is -3.36. The zero-order chi connectivity index (χ0) is 23.9. The first kappa shape index (κ1) is 22.0. The number of nitrogens with zero attached hydrogens (tertiary/aromatic N) is 4. The highest BCUT2D eigenvalue weighted by Crippen LogP contribution is 2.71. The number of rotatable bonds is 5. The van der Waals surface area contributed by atoms with Gasteiger partial charge in [0.15, 0.2) is 7.79 Å². The molecule has 0 aromatic heterocycles. The van der Waals surface area contributed by atoms with Crippen molar-refractivity contribution in [2.24, 2.45) is 0 Å². The van der Waals surface area contributed by atoms with E-state index in [1.165, 1.54) is 24.3 Å². The molecule has 0 aliphatic carbocycles. The molecule has 9 nitrogen and oxygen atoms in total. The van der Waals surface area contributed by atoms with E-state index < -0.39 is 30.2 Å². The van der Waals surface area contributed by atoms with Crippen molar-refractivity contribution in [2.45, 2.75) is 12.1 Å². The molecule has 1 unspecified atom stereocenters. The van der Waals surface area contributed by atoms with Gasteiger partial charge in [-0.05, 0) is 36.4 Å². The number of hydrogen-bond donors (Lipinski definition) is 1. The van der Waals surface area contributed by atoms with Gasteiger partial charge in [0.2, 0.25) is 11.8 Å². The highest BCUT2D eigenvalue weighted by molar-refractivity contribution is 7.75. The summed E-state index contributed by atoms with van der Waals surface area (Å²) < 4.78 is 3.74. The van der Waals surface area contributed by atoms with Crippen molar-refractivity contribution < 1.29 is 19.4 Å². The Kier molecular flexibility index (Phi) is 5.51. The molecule has 10 heteroatoms. The van der Waals surface area contributed by atoms with E-state index in [0.717, 1.165) is 16.3 Å². The molecule has 2 saturated heterocycles. The number of carbonyl (C=O) groups is 2. The molecule has 0 spiro atoms. The molecular weight excluding hydrogens is 455 g/mol. The minimum Gasteiger partial charge on any atom is -0.345 e. The molecule has 2 aliphatic heterocycles. The van der Waals surface area contributed by atoms with Gasteiger partial charge >= 0.3 is 0 Å². The molecule has 2 heterocycles. The lowest BCUT2D eigenvalue weighted by Crippen LogP contribution is -2.39. The number of non-ortho nitro benzene ring substituents is 1. The molecular formula is C24H22N4O5P. The summed E-state index contributed by atoms with van der Waals surface area (Å²) >= 11 is 0. The number of benzene rings is 3. The van der Waals surface area contributed by atoms with Crippen molar-refractivity contribution in [3.8, 4) is 0 Å². The van der Waals surface area contributed by atoms with Crippen molar-refractivity contribution >= 4 is 42.4 Å². The Morgan fingerprint density at radius 2 is 1.29 bits per heavy atom. The molecule has 2 aliphatic rings. The molecule has 1 radical (unpaired) electrons. The van der Waals surface area contributed by atoms with E-state index in [9.17, 15) is 24.6 Å². The molecule has 1 atom stereocenters. The van der Waals surface area contributed by atoms with Crippen molar-refractivity contribution in [1.29, 1.82) is 0 Å². The Morgan fingerprint density at radius 3 is 1.76 bits per heavy atom. The fourth-order valence-corrected chi connectivity index (χ4v) is 8.09. The Bertz CT molecular complexity index is 1190. The predicted molar refractivity (Wildman–Crippen MR) is 131 cm³/mol. The van der Waals surface area contributed by atoms with Crippen LogP contribution >= 0.6 is 7.79 Å². The molecule has 0 bridgehead atoms. The topological polar surface area (TPSA) is 107 Å². The largest absolute Gasteiger partial charge is 0.345 e. The summed E-state index contributed by atoms with van der Waals surface area (Å²) in [5.41, 5.74) is 0.730. The van der Waals surface area contributed by atoms with Gasteiger partial charge < -0.3 is 14.2 Å². The first-order chi connectivity index (χ1) is 16.4. The van der Waals surface area contributed by atoms with Gasteiger partial charge in [-0.1, -0.05) is 36.4 Å². The Hall–Kier alpha value is -3.81. The van der Waals surface area contributed by atoms with E-state index in [2.05, 4.69) is 0 Å². The Labute approximate surface area is 196 Å². The molecule has 3 aromatic rings. The second-order valence-electron chi connectivity index (χ2n) is 8.09. The predicted octanol–water partition coefficient (Wildman–Crippen LogP) is 4.01. The van der Waals surface area contributed by atoms with Crippen LogP contribution in [0.2, 0.25) is 0 Å². The van der Waals surface area contributed by atoms with E-state index in [-0.39, 0.29) is 17.8 Å². The fraction of sp³-hybridized carbons (Fsp3) is 0.167. The smallest absolute Gasteiger partial charge is 0.269 e. The summed E-state index contributed by atoms with van der Waals surface area (Å²) in [6.45, 7) is 0.997. The average Bonchev–Trinajstić information content (AvgIpc) is 3.36. The van der Waals surface area contributed by atoms with E-state index in [0.29, 0.717) is 13.1 Å². The summed E-state index contributed by atoms with van der Waals surface area (Å²) in [5, 5.41) is 11.0. The number of nitro benzene ring substituents is 1. The molecule has 2 fully saturated rings. The molecule has 3 aromatic carbocycles. The summed E-state index contributed by atoms with van der Waals surface area (Å²) in [6.07, 6.45) is -0.146. The number of hydrogen-bond acceptors (Lipinski definition) is 7. The quantitative estimate of drug-likeness (QED) is 0.256. The standard InChI is InChI=1S/C24H22N4O5P/c29-23-17-22(24(30)27(23)20-11-13-21(14-12-20)28(31)32)34(33)25(18-7-3-1-4-8-18)15-16-26(34)19-9-5-2-6-10-19/h1-14,22,33H,15-17H2. The fourth-order valence-electron chi connectivity index (χ4n) is 4.63. The first-order valence-corrected chi connectivity index (χ1v) is 12.5. The third kappa shape index (κ3) is 3.50. The van der Waals surface area contributed by atoms with Crippen LogP contribution in [0.25, 0.3) is 0 Å². The third-order valence-corrected chi connectivity index (χ3v) is 9.73. The van der Waals surface area contributed by atoms with Gasteiger partial charge in [0.25, 0.3) is 5.69 Å². The van der Waals surface area contributed by atoms with Crippen LogP contribution in [0.15, 0.2) is 84.9 Å².